The van der Waals surface area contributed by atoms with Gasteiger partial charge in [-0.1, -0.05) is 17.7 Å². The summed E-state index contributed by atoms with van der Waals surface area (Å²) in [6, 6.07) is 5.64. The number of hydrogen-bond acceptors (Lipinski definition) is 4. The molecule has 0 aromatic heterocycles. The van der Waals surface area contributed by atoms with Crippen LogP contribution in [0.25, 0.3) is 0 Å². The minimum Gasteiger partial charge on any atom is -0.452 e. The van der Waals surface area contributed by atoms with Crippen molar-refractivity contribution in [3.05, 3.63) is 34.9 Å². The van der Waals surface area contributed by atoms with Crippen LogP contribution in [0.4, 0.5) is 0 Å². The fraction of sp³-hybridized carbons (Fsp3) is 0.400. The van der Waals surface area contributed by atoms with E-state index in [0.717, 1.165) is 12.8 Å². The highest BCUT2D eigenvalue weighted by Crippen LogP contribution is 2.17. The van der Waals surface area contributed by atoms with Crippen molar-refractivity contribution in [2.75, 3.05) is 13.2 Å². The van der Waals surface area contributed by atoms with Gasteiger partial charge in [-0.25, -0.2) is 4.79 Å². The summed E-state index contributed by atoms with van der Waals surface area (Å²) in [4.78, 5) is 36.7. The van der Waals surface area contributed by atoms with Gasteiger partial charge in [-0.05, 0) is 37.5 Å². The molecule has 1 aromatic carbocycles. The zero-order chi connectivity index (χ0) is 16.1. The molecule has 1 aliphatic heterocycles. The van der Waals surface area contributed by atoms with Crippen molar-refractivity contribution in [3.63, 3.8) is 0 Å². The van der Waals surface area contributed by atoms with Crippen molar-refractivity contribution in [1.82, 2.24) is 4.90 Å². The Morgan fingerprint density at radius 3 is 2.77 bits per heavy atom. The molecule has 1 heterocycles. The molecule has 0 spiro atoms. The van der Waals surface area contributed by atoms with E-state index in [-0.39, 0.29) is 5.56 Å². The number of likely N-dealkylation sites (tertiary alicyclic amines) is 1. The summed E-state index contributed by atoms with van der Waals surface area (Å²) in [6.07, 6.45) is 2.20. The molecule has 0 aliphatic carbocycles. The van der Waals surface area contributed by atoms with Crippen LogP contribution in [-0.2, 0) is 14.3 Å². The zero-order valence-electron chi connectivity index (χ0n) is 12.0. The number of carbonyl (C=O) groups is 3. The Morgan fingerprint density at radius 2 is 2.09 bits per heavy atom. The fourth-order valence-electron chi connectivity index (χ4n) is 2.43. The topological polar surface area (TPSA) is 89.7 Å². The van der Waals surface area contributed by atoms with Crippen molar-refractivity contribution in [1.29, 1.82) is 0 Å². The molecule has 2 amide bonds. The molecule has 1 fully saturated rings. The SMILES string of the molecule is NC(=O)[C@H]1CCCCN1C(=O)COC(=O)c1cccc(Cl)c1. The number of primary amides is 1. The molecule has 0 radical (unpaired) electrons. The minimum absolute atomic E-state index is 0.269. The maximum absolute atomic E-state index is 12.1. The predicted octanol–water partition coefficient (Wildman–Crippen LogP) is 1.36. The lowest BCUT2D eigenvalue weighted by molar-refractivity contribution is -0.143. The molecule has 1 aliphatic rings. The number of nitrogens with zero attached hydrogens (tertiary/aromatic N) is 1. The Bertz CT molecular complexity index is 591. The van der Waals surface area contributed by atoms with E-state index >= 15 is 0 Å². The van der Waals surface area contributed by atoms with Gasteiger partial charge in [-0.3, -0.25) is 9.59 Å². The van der Waals surface area contributed by atoms with Crippen LogP contribution in [0.2, 0.25) is 5.02 Å². The Balaban J connectivity index is 1.94. The van der Waals surface area contributed by atoms with E-state index in [9.17, 15) is 14.4 Å². The molecule has 1 saturated heterocycles. The Morgan fingerprint density at radius 1 is 1.32 bits per heavy atom. The first-order valence-electron chi connectivity index (χ1n) is 7.00. The van der Waals surface area contributed by atoms with Gasteiger partial charge in [0.25, 0.3) is 5.91 Å². The molecule has 0 unspecified atom stereocenters. The number of hydrogen-bond donors (Lipinski definition) is 1. The predicted molar refractivity (Wildman–Crippen MR) is 80.3 cm³/mol. The van der Waals surface area contributed by atoms with E-state index in [4.69, 9.17) is 22.1 Å². The van der Waals surface area contributed by atoms with Gasteiger partial charge in [0, 0.05) is 11.6 Å². The summed E-state index contributed by atoms with van der Waals surface area (Å²) >= 11 is 5.79. The average Bonchev–Trinajstić information content (AvgIpc) is 2.52. The maximum Gasteiger partial charge on any atom is 0.338 e. The maximum atomic E-state index is 12.1. The number of esters is 1. The summed E-state index contributed by atoms with van der Waals surface area (Å²) in [7, 11) is 0. The summed E-state index contributed by atoms with van der Waals surface area (Å²) in [5, 5.41) is 0.408. The molecule has 6 nitrogen and oxygen atoms in total. The van der Waals surface area contributed by atoms with Crippen molar-refractivity contribution >= 4 is 29.4 Å². The first-order chi connectivity index (χ1) is 10.5. The lowest BCUT2D eigenvalue weighted by Gasteiger charge is -2.33. The van der Waals surface area contributed by atoms with E-state index in [1.807, 2.05) is 0 Å². The Hall–Kier alpha value is -2.08. The molecule has 0 bridgehead atoms. The molecule has 0 saturated carbocycles. The fourth-order valence-corrected chi connectivity index (χ4v) is 2.63. The van der Waals surface area contributed by atoms with Crippen LogP contribution in [-0.4, -0.2) is 41.9 Å². The van der Waals surface area contributed by atoms with Gasteiger partial charge in [0.15, 0.2) is 6.61 Å². The Kier molecular flexibility index (Phi) is 5.38. The summed E-state index contributed by atoms with van der Waals surface area (Å²) in [5.74, 6) is -1.59. The highest BCUT2D eigenvalue weighted by molar-refractivity contribution is 6.30. The smallest absolute Gasteiger partial charge is 0.338 e. The van der Waals surface area contributed by atoms with E-state index in [1.165, 1.54) is 11.0 Å². The quantitative estimate of drug-likeness (QED) is 0.847. The molecular formula is C15H17ClN2O4. The van der Waals surface area contributed by atoms with E-state index in [1.54, 1.807) is 18.2 Å². The summed E-state index contributed by atoms with van der Waals surface area (Å²) < 4.78 is 4.99. The standard InChI is InChI=1S/C15H17ClN2O4/c16-11-5-3-4-10(8-11)15(21)22-9-13(19)18-7-2-1-6-12(18)14(17)20/h3-5,8,12H,1-2,6-7,9H2,(H2,17,20)/t12-/m1/s1. The normalized spacial score (nSPS) is 17.9. The van der Waals surface area contributed by atoms with Crippen LogP contribution in [0.3, 0.4) is 0 Å². The molecular weight excluding hydrogens is 308 g/mol. The largest absolute Gasteiger partial charge is 0.452 e. The zero-order valence-corrected chi connectivity index (χ0v) is 12.7. The third-order valence-corrected chi connectivity index (χ3v) is 3.77. The van der Waals surface area contributed by atoms with Crippen LogP contribution >= 0.6 is 11.6 Å². The van der Waals surface area contributed by atoms with E-state index in [2.05, 4.69) is 0 Å². The molecule has 1 atom stereocenters. The second-order valence-corrected chi connectivity index (χ2v) is 5.52. The molecule has 7 heteroatoms. The van der Waals surface area contributed by atoms with Crippen molar-refractivity contribution < 1.29 is 19.1 Å². The second-order valence-electron chi connectivity index (χ2n) is 5.09. The van der Waals surface area contributed by atoms with Gasteiger partial charge in [-0.2, -0.15) is 0 Å². The van der Waals surface area contributed by atoms with Gasteiger partial charge in [0.1, 0.15) is 6.04 Å². The highest BCUT2D eigenvalue weighted by atomic mass is 35.5. The monoisotopic (exact) mass is 324 g/mol. The number of carbonyl (C=O) groups excluding carboxylic acids is 3. The molecule has 118 valence electrons. The second kappa shape index (κ2) is 7.26. The van der Waals surface area contributed by atoms with Crippen LogP contribution in [0.5, 0.6) is 0 Å². The van der Waals surface area contributed by atoms with Crippen molar-refractivity contribution in [3.8, 4) is 0 Å². The number of rotatable bonds is 4. The van der Waals surface area contributed by atoms with Crippen LogP contribution in [0, 0.1) is 0 Å². The number of nitrogens with two attached hydrogens (primary N) is 1. The van der Waals surface area contributed by atoms with Crippen molar-refractivity contribution in [2.24, 2.45) is 5.73 Å². The van der Waals surface area contributed by atoms with E-state index in [0.29, 0.717) is 18.0 Å². The summed E-state index contributed by atoms with van der Waals surface area (Å²) in [6.45, 7) is 0.0241. The number of piperidine rings is 1. The Labute approximate surface area is 133 Å². The highest BCUT2D eigenvalue weighted by Gasteiger charge is 2.31. The first-order valence-corrected chi connectivity index (χ1v) is 7.38. The number of amides is 2. The molecule has 2 rings (SSSR count). The van der Waals surface area contributed by atoms with Crippen LogP contribution in [0.15, 0.2) is 24.3 Å². The number of benzene rings is 1. The third kappa shape index (κ3) is 3.98. The number of halogens is 1. The van der Waals surface area contributed by atoms with Crippen molar-refractivity contribution in [2.45, 2.75) is 25.3 Å². The van der Waals surface area contributed by atoms with Gasteiger partial charge in [-0.15, -0.1) is 0 Å². The average molecular weight is 325 g/mol. The first kappa shape index (κ1) is 16.3. The summed E-state index contributed by atoms with van der Waals surface area (Å²) in [5.41, 5.74) is 5.57. The van der Waals surface area contributed by atoms with Gasteiger partial charge in [0.05, 0.1) is 5.56 Å². The van der Waals surface area contributed by atoms with Gasteiger partial charge in [0.2, 0.25) is 5.91 Å². The molecule has 2 N–H and O–H groups in total. The van der Waals surface area contributed by atoms with E-state index < -0.39 is 30.4 Å². The number of ether oxygens (including phenoxy) is 1. The lowest BCUT2D eigenvalue weighted by Crippen LogP contribution is -2.51. The minimum atomic E-state index is -0.636. The lowest BCUT2D eigenvalue weighted by atomic mass is 10.0. The third-order valence-electron chi connectivity index (χ3n) is 3.54. The van der Waals surface area contributed by atoms with Gasteiger partial charge >= 0.3 is 5.97 Å². The van der Waals surface area contributed by atoms with Crippen LogP contribution in [0.1, 0.15) is 29.6 Å². The van der Waals surface area contributed by atoms with Gasteiger partial charge < -0.3 is 15.4 Å². The molecule has 22 heavy (non-hydrogen) atoms. The van der Waals surface area contributed by atoms with Crippen LogP contribution < -0.4 is 5.73 Å². The molecule has 1 aromatic rings.